The Morgan fingerprint density at radius 3 is 1.84 bits per heavy atom. The molecule has 0 aliphatic rings. The van der Waals surface area contributed by atoms with E-state index >= 15 is 0 Å². The van der Waals surface area contributed by atoms with E-state index in [1.54, 1.807) is 22.7 Å². The monoisotopic (exact) mass is 723 g/mol. The number of hydrogen-bond donors (Lipinski definition) is 0. The van der Waals surface area contributed by atoms with Crippen LogP contribution in [-0.4, -0.2) is 0 Å². The smallest absolute Gasteiger partial charge is 0.153 e. The number of rotatable bonds is 7. The van der Waals surface area contributed by atoms with E-state index < -0.39 is 0 Å². The molecule has 0 saturated carbocycles. The first kappa shape index (κ1) is 33.3. The quantitative estimate of drug-likeness (QED) is 0.163. The SMILES string of the molecule is Cc1ccc(N(c2ccc(C)cc2)c2c(Oc3cc(C)cc(Oc4csc5ccc(C(C)(C)C)cc45)c3Cl)ccc3c2sc2ccccc23)cc1. The number of nitrogens with zero attached hydrogens (tertiary/aromatic N) is 1. The molecule has 6 aromatic carbocycles. The Bertz CT molecular complexity index is 2510. The summed E-state index contributed by atoms with van der Waals surface area (Å²) in [5.41, 5.74) is 7.70. The largest absolute Gasteiger partial charge is 0.454 e. The third-order valence-corrected chi connectivity index (χ3v) is 11.8. The number of aryl methyl sites for hydroxylation is 3. The predicted octanol–water partition coefficient (Wildman–Crippen LogP) is 15.2. The topological polar surface area (TPSA) is 21.7 Å². The van der Waals surface area contributed by atoms with Crippen LogP contribution in [0.25, 0.3) is 30.3 Å². The van der Waals surface area contributed by atoms with Gasteiger partial charge in [0.1, 0.15) is 28.0 Å². The first-order valence-electron chi connectivity index (χ1n) is 17.1. The molecular weight excluding hydrogens is 686 g/mol. The van der Waals surface area contributed by atoms with Crippen molar-refractivity contribution in [2.45, 2.75) is 47.0 Å². The van der Waals surface area contributed by atoms with Crippen LogP contribution in [0, 0.1) is 20.8 Å². The van der Waals surface area contributed by atoms with E-state index in [-0.39, 0.29) is 5.41 Å². The Kier molecular flexibility index (Phi) is 8.54. The van der Waals surface area contributed by atoms with E-state index in [0.29, 0.717) is 22.3 Å². The minimum atomic E-state index is 0.0215. The van der Waals surface area contributed by atoms with Crippen LogP contribution in [0.2, 0.25) is 5.02 Å². The van der Waals surface area contributed by atoms with Crippen LogP contribution in [0.1, 0.15) is 43.0 Å². The average Bonchev–Trinajstić information content (AvgIpc) is 3.69. The van der Waals surface area contributed by atoms with Crippen LogP contribution in [0.3, 0.4) is 0 Å². The molecule has 0 fully saturated rings. The van der Waals surface area contributed by atoms with Crippen LogP contribution in [0.5, 0.6) is 23.0 Å². The maximum absolute atomic E-state index is 7.23. The molecule has 8 rings (SSSR count). The Labute approximate surface area is 312 Å². The van der Waals surface area contributed by atoms with E-state index in [9.17, 15) is 0 Å². The molecule has 51 heavy (non-hydrogen) atoms. The lowest BCUT2D eigenvalue weighted by Gasteiger charge is -2.28. The lowest BCUT2D eigenvalue weighted by Crippen LogP contribution is -2.11. The molecule has 0 spiro atoms. The van der Waals surface area contributed by atoms with Gasteiger partial charge in [0.05, 0.1) is 4.70 Å². The third-order valence-electron chi connectivity index (χ3n) is 9.29. The second-order valence-corrected chi connectivity index (χ2v) is 16.6. The summed E-state index contributed by atoms with van der Waals surface area (Å²) >= 11 is 10.7. The predicted molar refractivity (Wildman–Crippen MR) is 220 cm³/mol. The molecule has 0 amide bonds. The molecule has 0 aliphatic carbocycles. The molecule has 0 atom stereocenters. The zero-order valence-corrected chi connectivity index (χ0v) is 31.9. The molecule has 2 aromatic heterocycles. The number of benzene rings is 6. The maximum Gasteiger partial charge on any atom is 0.153 e. The minimum absolute atomic E-state index is 0.0215. The summed E-state index contributed by atoms with van der Waals surface area (Å²) in [4.78, 5) is 2.30. The third kappa shape index (κ3) is 6.35. The molecule has 0 saturated heterocycles. The van der Waals surface area contributed by atoms with Crippen molar-refractivity contribution in [1.82, 2.24) is 0 Å². The summed E-state index contributed by atoms with van der Waals surface area (Å²) in [7, 11) is 0. The van der Waals surface area contributed by atoms with Gasteiger partial charge >= 0.3 is 0 Å². The fourth-order valence-electron chi connectivity index (χ4n) is 6.49. The number of anilines is 3. The van der Waals surface area contributed by atoms with Gasteiger partial charge in [-0.15, -0.1) is 22.7 Å². The van der Waals surface area contributed by atoms with Crippen molar-refractivity contribution < 1.29 is 9.47 Å². The zero-order chi connectivity index (χ0) is 35.4. The Morgan fingerprint density at radius 2 is 1.20 bits per heavy atom. The molecule has 2 heterocycles. The second kappa shape index (κ2) is 13.1. The number of hydrogen-bond acceptors (Lipinski definition) is 5. The summed E-state index contributed by atoms with van der Waals surface area (Å²) in [5.74, 6) is 2.59. The van der Waals surface area contributed by atoms with Gasteiger partial charge in [-0.1, -0.05) is 92.0 Å². The fraction of sp³-hybridized carbons (Fsp3) is 0.156. The van der Waals surface area contributed by atoms with Gasteiger partial charge in [0.15, 0.2) is 5.75 Å². The van der Waals surface area contributed by atoms with E-state index in [1.165, 1.54) is 36.9 Å². The molecule has 3 nitrogen and oxygen atoms in total. The highest BCUT2D eigenvalue weighted by atomic mass is 35.5. The van der Waals surface area contributed by atoms with Gasteiger partial charge in [0.25, 0.3) is 0 Å². The molecule has 0 N–H and O–H groups in total. The number of halogens is 1. The maximum atomic E-state index is 7.23. The van der Waals surface area contributed by atoms with Crippen molar-refractivity contribution in [2.75, 3.05) is 4.90 Å². The van der Waals surface area contributed by atoms with Crippen molar-refractivity contribution in [2.24, 2.45) is 0 Å². The van der Waals surface area contributed by atoms with Crippen molar-refractivity contribution in [3.8, 4) is 23.0 Å². The highest BCUT2D eigenvalue weighted by Gasteiger charge is 2.25. The number of thiophene rings is 2. The first-order chi connectivity index (χ1) is 24.5. The summed E-state index contributed by atoms with van der Waals surface area (Å²) in [6.45, 7) is 13.0. The summed E-state index contributed by atoms with van der Waals surface area (Å²) in [6, 6.07) is 40.7. The number of fused-ring (bicyclic) bond motifs is 4. The number of ether oxygens (including phenoxy) is 2. The molecular formula is C45H38ClNO2S2. The van der Waals surface area contributed by atoms with E-state index in [0.717, 1.165) is 38.5 Å². The van der Waals surface area contributed by atoms with Gasteiger partial charge in [-0.05, 0) is 104 Å². The molecule has 6 heteroatoms. The highest BCUT2D eigenvalue weighted by molar-refractivity contribution is 7.26. The lowest BCUT2D eigenvalue weighted by atomic mass is 9.86. The zero-order valence-electron chi connectivity index (χ0n) is 29.5. The van der Waals surface area contributed by atoms with Gasteiger partial charge in [-0.2, -0.15) is 0 Å². The fourth-order valence-corrected chi connectivity index (χ4v) is 8.75. The molecule has 0 aliphatic heterocycles. The Balaban J connectivity index is 1.29. The van der Waals surface area contributed by atoms with Gasteiger partial charge in [0, 0.05) is 42.3 Å². The molecule has 0 bridgehead atoms. The van der Waals surface area contributed by atoms with Crippen molar-refractivity contribution in [3.63, 3.8) is 0 Å². The van der Waals surface area contributed by atoms with Gasteiger partial charge < -0.3 is 14.4 Å². The molecule has 254 valence electrons. The van der Waals surface area contributed by atoms with Crippen LogP contribution in [0.15, 0.2) is 121 Å². The first-order valence-corrected chi connectivity index (χ1v) is 19.2. The average molecular weight is 724 g/mol. The molecule has 0 unspecified atom stereocenters. The normalized spacial score (nSPS) is 11.8. The minimum Gasteiger partial charge on any atom is -0.454 e. The highest BCUT2D eigenvalue weighted by Crippen LogP contribution is 2.52. The van der Waals surface area contributed by atoms with Crippen LogP contribution < -0.4 is 14.4 Å². The van der Waals surface area contributed by atoms with E-state index in [4.69, 9.17) is 21.1 Å². The van der Waals surface area contributed by atoms with Crippen molar-refractivity contribution in [1.29, 1.82) is 0 Å². The summed E-state index contributed by atoms with van der Waals surface area (Å²) in [6.07, 6.45) is 0. The summed E-state index contributed by atoms with van der Waals surface area (Å²) < 4.78 is 17.1. The van der Waals surface area contributed by atoms with Gasteiger partial charge in [-0.3, -0.25) is 0 Å². The van der Waals surface area contributed by atoms with Crippen LogP contribution >= 0.6 is 34.3 Å². The van der Waals surface area contributed by atoms with Gasteiger partial charge in [0.2, 0.25) is 0 Å². The Morgan fingerprint density at radius 1 is 0.569 bits per heavy atom. The van der Waals surface area contributed by atoms with Gasteiger partial charge in [-0.25, -0.2) is 0 Å². The standard InChI is InChI=1S/C45H38ClNO2S2/c1-27-11-16-31(17-12-27)47(32-18-13-28(2)14-19-32)43-36(21-20-34-33-9-7-8-10-41(33)51-44(34)43)48-37-23-29(3)24-38(42(37)46)49-39-26-50-40-22-15-30(25-35(39)40)45(4,5)6/h7-26H,1-6H3. The lowest BCUT2D eigenvalue weighted by molar-refractivity contribution is 0.464. The van der Waals surface area contributed by atoms with Crippen molar-refractivity contribution in [3.05, 3.63) is 148 Å². The molecule has 0 radical (unpaired) electrons. The Hall–Kier alpha value is -4.81. The van der Waals surface area contributed by atoms with E-state index in [2.05, 4.69) is 148 Å². The van der Waals surface area contributed by atoms with E-state index in [1.807, 2.05) is 19.1 Å². The molecule has 8 aromatic rings. The summed E-state index contributed by atoms with van der Waals surface area (Å²) in [5, 5.41) is 5.97. The second-order valence-electron chi connectivity index (χ2n) is 14.2. The van der Waals surface area contributed by atoms with Crippen LogP contribution in [0.4, 0.5) is 17.1 Å². The van der Waals surface area contributed by atoms with Crippen molar-refractivity contribution >= 4 is 81.6 Å². The van der Waals surface area contributed by atoms with Crippen LogP contribution in [-0.2, 0) is 5.41 Å².